The average molecular weight is 395 g/mol. The van der Waals surface area contributed by atoms with Gasteiger partial charge in [-0.2, -0.15) is 0 Å². The molecule has 0 radical (unpaired) electrons. The van der Waals surface area contributed by atoms with Crippen LogP contribution in [0.1, 0.15) is 10.5 Å². The van der Waals surface area contributed by atoms with Gasteiger partial charge in [0.2, 0.25) is 5.95 Å². The molecular weight excluding hydrogens is 376 g/mol. The third-order valence-electron chi connectivity index (χ3n) is 4.54. The highest BCUT2D eigenvalue weighted by Crippen LogP contribution is 2.24. The summed E-state index contributed by atoms with van der Waals surface area (Å²) in [5, 5.41) is 3.83. The molecule has 1 saturated heterocycles. The molecule has 0 aliphatic carbocycles. The molecule has 1 aromatic carbocycles. The second-order valence-corrected chi connectivity index (χ2v) is 6.77. The van der Waals surface area contributed by atoms with E-state index in [2.05, 4.69) is 25.2 Å². The van der Waals surface area contributed by atoms with Crippen molar-refractivity contribution in [1.82, 2.24) is 19.9 Å². The van der Waals surface area contributed by atoms with Crippen LogP contribution in [-0.4, -0.2) is 51.9 Å². The molecule has 28 heavy (non-hydrogen) atoms. The summed E-state index contributed by atoms with van der Waals surface area (Å²) in [7, 11) is 0. The molecule has 7 nitrogen and oxygen atoms in total. The second-order valence-electron chi connectivity index (χ2n) is 6.37. The summed E-state index contributed by atoms with van der Waals surface area (Å²) < 4.78 is 0. The summed E-state index contributed by atoms with van der Waals surface area (Å²) in [6, 6.07) is 12.8. The SMILES string of the molecule is O=C(c1ccc(Nc2ccccc2Cl)cn1)N1CCN(c2ncccn2)CC1. The van der Waals surface area contributed by atoms with Crippen LogP contribution in [0.3, 0.4) is 0 Å². The lowest BCUT2D eigenvalue weighted by Crippen LogP contribution is -2.49. The van der Waals surface area contributed by atoms with E-state index in [-0.39, 0.29) is 5.91 Å². The monoisotopic (exact) mass is 394 g/mol. The third kappa shape index (κ3) is 4.04. The van der Waals surface area contributed by atoms with E-state index in [0.717, 1.165) is 11.4 Å². The number of benzene rings is 1. The normalized spacial score (nSPS) is 14.0. The van der Waals surface area contributed by atoms with Crippen LogP contribution in [0.4, 0.5) is 17.3 Å². The number of amides is 1. The number of nitrogens with one attached hydrogen (secondary N) is 1. The molecule has 8 heteroatoms. The molecular formula is C20H19ClN6O. The molecule has 2 aromatic heterocycles. The van der Waals surface area contributed by atoms with Crippen molar-refractivity contribution in [1.29, 1.82) is 0 Å². The van der Waals surface area contributed by atoms with E-state index in [1.165, 1.54) is 0 Å². The molecule has 0 bridgehead atoms. The number of halogens is 1. The van der Waals surface area contributed by atoms with Crippen LogP contribution < -0.4 is 10.2 Å². The molecule has 1 aliphatic rings. The Bertz CT molecular complexity index is 942. The molecule has 142 valence electrons. The number of rotatable bonds is 4. The molecule has 0 spiro atoms. The maximum absolute atomic E-state index is 12.7. The highest BCUT2D eigenvalue weighted by atomic mass is 35.5. The van der Waals surface area contributed by atoms with Gasteiger partial charge in [0, 0.05) is 38.6 Å². The zero-order valence-electron chi connectivity index (χ0n) is 15.1. The molecule has 1 N–H and O–H groups in total. The van der Waals surface area contributed by atoms with Crippen LogP contribution in [0.25, 0.3) is 0 Å². The van der Waals surface area contributed by atoms with E-state index in [1.54, 1.807) is 30.7 Å². The second kappa shape index (κ2) is 8.22. The first-order chi connectivity index (χ1) is 13.7. The lowest BCUT2D eigenvalue weighted by molar-refractivity contribution is 0.0740. The third-order valence-corrected chi connectivity index (χ3v) is 4.87. The van der Waals surface area contributed by atoms with E-state index >= 15 is 0 Å². The molecule has 3 aromatic rings. The minimum Gasteiger partial charge on any atom is -0.353 e. The topological polar surface area (TPSA) is 74.2 Å². The smallest absolute Gasteiger partial charge is 0.272 e. The minimum atomic E-state index is -0.0714. The quantitative estimate of drug-likeness (QED) is 0.732. The fourth-order valence-electron chi connectivity index (χ4n) is 3.04. The Morgan fingerprint density at radius 1 is 0.929 bits per heavy atom. The Morgan fingerprint density at radius 2 is 1.68 bits per heavy atom. The lowest BCUT2D eigenvalue weighted by atomic mass is 10.2. The maximum atomic E-state index is 12.7. The lowest BCUT2D eigenvalue weighted by Gasteiger charge is -2.34. The largest absolute Gasteiger partial charge is 0.353 e. The number of piperazine rings is 1. The molecule has 0 unspecified atom stereocenters. The summed E-state index contributed by atoms with van der Waals surface area (Å²) >= 11 is 6.16. The Kier molecular flexibility index (Phi) is 5.34. The Labute approximate surface area is 168 Å². The van der Waals surface area contributed by atoms with Gasteiger partial charge < -0.3 is 15.1 Å². The molecule has 4 rings (SSSR count). The van der Waals surface area contributed by atoms with Crippen molar-refractivity contribution in [2.75, 3.05) is 36.4 Å². The standard InChI is InChI=1S/C20H19ClN6O/c21-16-4-1-2-5-17(16)25-15-6-7-18(24-14-15)19(28)26-10-12-27(13-11-26)20-22-8-3-9-23-20/h1-9,14,25H,10-13H2. The molecule has 1 aliphatic heterocycles. The first kappa shape index (κ1) is 18.2. The minimum absolute atomic E-state index is 0.0714. The number of anilines is 3. The van der Waals surface area contributed by atoms with Crippen molar-refractivity contribution in [2.24, 2.45) is 0 Å². The predicted octanol–water partition coefficient (Wildman–Crippen LogP) is 3.23. The molecule has 3 heterocycles. The van der Waals surface area contributed by atoms with E-state index in [0.29, 0.717) is 42.8 Å². The number of carbonyl (C=O) groups excluding carboxylic acids is 1. The zero-order chi connectivity index (χ0) is 19.3. The summed E-state index contributed by atoms with van der Waals surface area (Å²) in [4.78, 5) is 29.5. The summed E-state index contributed by atoms with van der Waals surface area (Å²) in [5.41, 5.74) is 1.99. The highest BCUT2D eigenvalue weighted by molar-refractivity contribution is 6.33. The number of pyridine rings is 1. The van der Waals surface area contributed by atoms with Crippen molar-refractivity contribution in [3.05, 3.63) is 71.8 Å². The van der Waals surface area contributed by atoms with E-state index in [9.17, 15) is 4.79 Å². The molecule has 0 saturated carbocycles. The predicted molar refractivity (Wildman–Crippen MR) is 109 cm³/mol. The Morgan fingerprint density at radius 3 is 2.36 bits per heavy atom. The van der Waals surface area contributed by atoms with E-state index in [4.69, 9.17) is 11.6 Å². The van der Waals surface area contributed by atoms with Gasteiger partial charge >= 0.3 is 0 Å². The summed E-state index contributed by atoms with van der Waals surface area (Å²) in [5.74, 6) is 0.626. The van der Waals surface area contributed by atoms with Crippen LogP contribution >= 0.6 is 11.6 Å². The van der Waals surface area contributed by atoms with Crippen LogP contribution in [0.15, 0.2) is 61.1 Å². The van der Waals surface area contributed by atoms with Gasteiger partial charge in [-0.25, -0.2) is 15.0 Å². The number of hydrogen-bond acceptors (Lipinski definition) is 6. The van der Waals surface area contributed by atoms with Gasteiger partial charge in [0.25, 0.3) is 5.91 Å². The number of nitrogens with zero attached hydrogens (tertiary/aromatic N) is 5. The zero-order valence-corrected chi connectivity index (χ0v) is 15.9. The van der Waals surface area contributed by atoms with E-state index < -0.39 is 0 Å². The molecule has 1 amide bonds. The van der Waals surface area contributed by atoms with Gasteiger partial charge in [0.05, 0.1) is 22.6 Å². The van der Waals surface area contributed by atoms with Crippen LogP contribution in [0.5, 0.6) is 0 Å². The van der Waals surface area contributed by atoms with Crippen molar-refractivity contribution >= 4 is 34.8 Å². The maximum Gasteiger partial charge on any atom is 0.272 e. The fourth-order valence-corrected chi connectivity index (χ4v) is 3.22. The summed E-state index contributed by atoms with van der Waals surface area (Å²) in [6.45, 7) is 2.61. The van der Waals surface area contributed by atoms with Gasteiger partial charge in [-0.15, -0.1) is 0 Å². The summed E-state index contributed by atoms with van der Waals surface area (Å²) in [6.07, 6.45) is 5.09. The first-order valence-electron chi connectivity index (χ1n) is 8.99. The Balaban J connectivity index is 1.37. The van der Waals surface area contributed by atoms with Gasteiger partial charge in [-0.3, -0.25) is 4.79 Å². The van der Waals surface area contributed by atoms with Gasteiger partial charge in [-0.1, -0.05) is 23.7 Å². The van der Waals surface area contributed by atoms with Crippen molar-refractivity contribution < 1.29 is 4.79 Å². The number of hydrogen-bond donors (Lipinski definition) is 1. The van der Waals surface area contributed by atoms with Crippen molar-refractivity contribution in [3.63, 3.8) is 0 Å². The van der Waals surface area contributed by atoms with Crippen LogP contribution in [0.2, 0.25) is 5.02 Å². The van der Waals surface area contributed by atoms with Gasteiger partial charge in [0.15, 0.2) is 0 Å². The number of para-hydroxylation sites is 1. The molecule has 1 fully saturated rings. The fraction of sp³-hybridized carbons (Fsp3) is 0.200. The molecule has 0 atom stereocenters. The average Bonchev–Trinajstić information content (AvgIpc) is 2.76. The highest BCUT2D eigenvalue weighted by Gasteiger charge is 2.24. The number of aromatic nitrogens is 3. The van der Waals surface area contributed by atoms with Crippen molar-refractivity contribution in [3.8, 4) is 0 Å². The van der Waals surface area contributed by atoms with Crippen molar-refractivity contribution in [2.45, 2.75) is 0 Å². The first-order valence-corrected chi connectivity index (χ1v) is 9.37. The van der Waals surface area contributed by atoms with Gasteiger partial charge in [-0.05, 0) is 30.3 Å². The van der Waals surface area contributed by atoms with Crippen LogP contribution in [-0.2, 0) is 0 Å². The van der Waals surface area contributed by atoms with Gasteiger partial charge in [0.1, 0.15) is 5.69 Å². The van der Waals surface area contributed by atoms with E-state index in [1.807, 2.05) is 35.2 Å². The van der Waals surface area contributed by atoms with Crippen LogP contribution in [0, 0.1) is 0 Å². The Hall–Kier alpha value is -3.19. The number of carbonyl (C=O) groups is 1.